The van der Waals surface area contributed by atoms with Crippen LogP contribution in [0.2, 0.25) is 0 Å². The molecule has 2 bridgehead atoms. The maximum atomic E-state index is 13.6. The van der Waals surface area contributed by atoms with Gasteiger partial charge in [-0.2, -0.15) is 5.26 Å². The summed E-state index contributed by atoms with van der Waals surface area (Å²) in [5.41, 5.74) is 0.425. The molecule has 3 aliphatic carbocycles. The molecule has 132 valence electrons. The number of rotatable bonds is 6. The molecule has 0 saturated heterocycles. The normalized spacial score (nSPS) is 25.4. The van der Waals surface area contributed by atoms with Crippen LogP contribution in [0.3, 0.4) is 0 Å². The number of halogens is 1. The van der Waals surface area contributed by atoms with Gasteiger partial charge in [-0.25, -0.2) is 14.4 Å². The van der Waals surface area contributed by atoms with Crippen LogP contribution in [-0.2, 0) is 11.3 Å². The van der Waals surface area contributed by atoms with Gasteiger partial charge in [0, 0.05) is 17.5 Å². The Labute approximate surface area is 150 Å². The average molecular weight is 352 g/mol. The molecule has 2 aromatic rings. The maximum absolute atomic E-state index is 13.6. The minimum Gasteiger partial charge on any atom is -0.476 e. The average Bonchev–Trinajstić information content (AvgIpc) is 2.59. The predicted octanol–water partition coefficient (Wildman–Crippen LogP) is 2.35. The summed E-state index contributed by atoms with van der Waals surface area (Å²) in [6, 6.07) is 8.35. The van der Waals surface area contributed by atoms with Gasteiger partial charge in [0.05, 0.1) is 24.4 Å². The molecule has 1 aromatic carbocycles. The number of hydrogen-bond acceptors (Lipinski definition) is 5. The Kier molecular flexibility index (Phi) is 3.83. The Morgan fingerprint density at radius 1 is 1.27 bits per heavy atom. The molecule has 0 unspecified atom stereocenters. The number of nitrogens with one attached hydrogen (secondary N) is 1. The van der Waals surface area contributed by atoms with Crippen molar-refractivity contribution in [2.45, 2.75) is 25.8 Å². The smallest absolute Gasteiger partial charge is 0.232 e. The van der Waals surface area contributed by atoms with Crippen LogP contribution >= 0.6 is 0 Å². The van der Waals surface area contributed by atoms with E-state index in [-0.39, 0.29) is 34.8 Å². The van der Waals surface area contributed by atoms with Crippen molar-refractivity contribution in [2.75, 3.05) is 6.61 Å². The van der Waals surface area contributed by atoms with E-state index in [0.29, 0.717) is 18.1 Å². The summed E-state index contributed by atoms with van der Waals surface area (Å²) >= 11 is 0. The van der Waals surface area contributed by atoms with E-state index in [4.69, 9.17) is 10.00 Å². The molecule has 7 heteroatoms. The molecule has 0 spiro atoms. The SMILES string of the molecule is N#Cc1cnc(OCC23CC(C(=O)NCc4ccccc4F)(C2)C3)cn1. The Morgan fingerprint density at radius 2 is 2.04 bits per heavy atom. The summed E-state index contributed by atoms with van der Waals surface area (Å²) in [5.74, 6) is 0.0614. The molecule has 0 aliphatic heterocycles. The van der Waals surface area contributed by atoms with Crippen LogP contribution in [0.25, 0.3) is 0 Å². The summed E-state index contributed by atoms with van der Waals surface area (Å²) in [6.45, 7) is 0.688. The number of nitriles is 1. The molecule has 1 amide bonds. The van der Waals surface area contributed by atoms with Crippen LogP contribution in [0, 0.1) is 28.0 Å². The van der Waals surface area contributed by atoms with Gasteiger partial charge in [0.2, 0.25) is 11.8 Å². The van der Waals surface area contributed by atoms with Crippen LogP contribution < -0.4 is 10.1 Å². The third kappa shape index (κ3) is 2.77. The zero-order valence-corrected chi connectivity index (χ0v) is 14.0. The summed E-state index contributed by atoms with van der Waals surface area (Å²) < 4.78 is 19.3. The highest BCUT2D eigenvalue weighted by Crippen LogP contribution is 2.73. The molecule has 1 heterocycles. The van der Waals surface area contributed by atoms with E-state index < -0.39 is 0 Å². The summed E-state index contributed by atoms with van der Waals surface area (Å²) in [6.07, 6.45) is 5.11. The van der Waals surface area contributed by atoms with Gasteiger partial charge in [-0.05, 0) is 25.3 Å². The largest absolute Gasteiger partial charge is 0.476 e. The van der Waals surface area contributed by atoms with E-state index in [1.54, 1.807) is 18.2 Å². The van der Waals surface area contributed by atoms with Gasteiger partial charge in [-0.15, -0.1) is 0 Å². The van der Waals surface area contributed by atoms with Gasteiger partial charge in [0.1, 0.15) is 11.9 Å². The molecular weight excluding hydrogens is 335 g/mol. The third-order valence-corrected chi connectivity index (χ3v) is 5.29. The summed E-state index contributed by atoms with van der Waals surface area (Å²) in [4.78, 5) is 20.4. The standard InChI is InChI=1S/C19H17FN4O2/c20-15-4-2-1-3-13(15)6-24-17(25)19-9-18(10-19,11-19)12-26-16-8-22-14(5-21)7-23-16/h1-4,7-8H,6,9-12H2,(H,24,25). The van der Waals surface area contributed by atoms with Crippen LogP contribution in [0.15, 0.2) is 36.7 Å². The van der Waals surface area contributed by atoms with Crippen LogP contribution in [-0.4, -0.2) is 22.5 Å². The molecule has 3 aliphatic rings. The fourth-order valence-electron chi connectivity index (χ4n) is 4.07. The van der Waals surface area contributed by atoms with Gasteiger partial charge in [-0.3, -0.25) is 4.79 Å². The predicted molar refractivity (Wildman–Crippen MR) is 89.2 cm³/mol. The fourth-order valence-corrected chi connectivity index (χ4v) is 4.07. The lowest BCUT2D eigenvalue weighted by Crippen LogP contribution is -2.69. The molecule has 1 N–H and O–H groups in total. The van der Waals surface area contributed by atoms with E-state index in [2.05, 4.69) is 15.3 Å². The molecule has 6 nitrogen and oxygen atoms in total. The summed E-state index contributed by atoms with van der Waals surface area (Å²) in [5, 5.41) is 11.6. The molecule has 5 rings (SSSR count). The van der Waals surface area contributed by atoms with Crippen molar-refractivity contribution in [2.24, 2.45) is 10.8 Å². The monoisotopic (exact) mass is 352 g/mol. The number of ether oxygens (including phenoxy) is 1. The number of carbonyl (C=O) groups is 1. The van der Waals surface area contributed by atoms with Crippen molar-refractivity contribution in [3.8, 4) is 11.9 Å². The lowest BCUT2D eigenvalue weighted by Gasteiger charge is -2.68. The van der Waals surface area contributed by atoms with Crippen LogP contribution in [0.4, 0.5) is 4.39 Å². The van der Waals surface area contributed by atoms with Gasteiger partial charge < -0.3 is 10.1 Å². The number of benzene rings is 1. The van der Waals surface area contributed by atoms with Crippen molar-refractivity contribution < 1.29 is 13.9 Å². The zero-order valence-electron chi connectivity index (χ0n) is 14.0. The fraction of sp³-hybridized carbons (Fsp3) is 0.368. The first-order chi connectivity index (χ1) is 12.5. The van der Waals surface area contributed by atoms with Crippen molar-refractivity contribution in [1.29, 1.82) is 5.26 Å². The number of aromatic nitrogens is 2. The Hall–Kier alpha value is -3.01. The van der Waals surface area contributed by atoms with E-state index >= 15 is 0 Å². The van der Waals surface area contributed by atoms with Gasteiger partial charge in [0.25, 0.3) is 0 Å². The Bertz CT molecular complexity index is 871. The van der Waals surface area contributed by atoms with Gasteiger partial charge in [0.15, 0.2) is 5.69 Å². The third-order valence-electron chi connectivity index (χ3n) is 5.29. The molecule has 3 fully saturated rings. The van der Waals surface area contributed by atoms with Crippen LogP contribution in [0.5, 0.6) is 5.88 Å². The molecule has 26 heavy (non-hydrogen) atoms. The Balaban J connectivity index is 1.26. The quantitative estimate of drug-likeness (QED) is 0.862. The number of carbonyl (C=O) groups excluding carboxylic acids is 1. The van der Waals surface area contributed by atoms with E-state index in [0.717, 1.165) is 19.3 Å². The molecule has 0 atom stereocenters. The van der Waals surface area contributed by atoms with E-state index in [1.165, 1.54) is 18.5 Å². The second-order valence-corrected chi connectivity index (χ2v) is 7.23. The Morgan fingerprint density at radius 3 is 2.69 bits per heavy atom. The highest BCUT2D eigenvalue weighted by molar-refractivity contribution is 5.86. The lowest BCUT2D eigenvalue weighted by molar-refractivity contribution is -0.217. The van der Waals surface area contributed by atoms with E-state index in [1.807, 2.05) is 6.07 Å². The minimum absolute atomic E-state index is 0.0132. The summed E-state index contributed by atoms with van der Waals surface area (Å²) in [7, 11) is 0. The molecular formula is C19H17FN4O2. The molecule has 1 aromatic heterocycles. The second-order valence-electron chi connectivity index (χ2n) is 7.23. The van der Waals surface area contributed by atoms with E-state index in [9.17, 15) is 9.18 Å². The highest BCUT2D eigenvalue weighted by Gasteiger charge is 2.71. The molecule has 3 saturated carbocycles. The van der Waals surface area contributed by atoms with Crippen LogP contribution in [0.1, 0.15) is 30.5 Å². The minimum atomic E-state index is -0.328. The number of hydrogen-bond donors (Lipinski definition) is 1. The van der Waals surface area contributed by atoms with Gasteiger partial charge >= 0.3 is 0 Å². The first-order valence-corrected chi connectivity index (χ1v) is 8.41. The first-order valence-electron chi connectivity index (χ1n) is 8.41. The van der Waals surface area contributed by atoms with Gasteiger partial charge in [-0.1, -0.05) is 18.2 Å². The van der Waals surface area contributed by atoms with Crippen molar-refractivity contribution in [3.05, 3.63) is 53.7 Å². The zero-order chi connectivity index (χ0) is 18.2. The maximum Gasteiger partial charge on any atom is 0.232 e. The topological polar surface area (TPSA) is 87.9 Å². The van der Waals surface area contributed by atoms with Crippen molar-refractivity contribution in [1.82, 2.24) is 15.3 Å². The van der Waals surface area contributed by atoms with Crippen molar-refractivity contribution >= 4 is 5.91 Å². The second kappa shape index (κ2) is 6.06. The highest BCUT2D eigenvalue weighted by atomic mass is 19.1. The lowest BCUT2D eigenvalue weighted by atomic mass is 9.35. The number of amides is 1. The first kappa shape index (κ1) is 16.5. The molecule has 0 radical (unpaired) electrons. The van der Waals surface area contributed by atoms with Crippen molar-refractivity contribution in [3.63, 3.8) is 0 Å². The number of nitrogens with zero attached hydrogens (tertiary/aromatic N) is 3.